The molecule has 1 aromatic carbocycles. The summed E-state index contributed by atoms with van der Waals surface area (Å²) < 4.78 is 5.56. The number of hydrogen-bond acceptors (Lipinski definition) is 7. The third-order valence-corrected chi connectivity index (χ3v) is 3.91. The molecule has 9 nitrogen and oxygen atoms in total. The van der Waals surface area contributed by atoms with Crippen molar-refractivity contribution in [2.75, 3.05) is 0 Å². The Labute approximate surface area is 134 Å². The number of nitrogens with zero attached hydrogens (tertiary/aromatic N) is 4. The van der Waals surface area contributed by atoms with Crippen molar-refractivity contribution in [3.8, 4) is 23.0 Å². The number of hydrogen-bond donors (Lipinski definition) is 1. The minimum absolute atomic E-state index is 0.0114. The molecule has 2 aromatic heterocycles. The van der Waals surface area contributed by atoms with Gasteiger partial charge in [0.25, 0.3) is 17.5 Å². The molecule has 0 saturated heterocycles. The van der Waals surface area contributed by atoms with Crippen LogP contribution in [0.1, 0.15) is 28.9 Å². The van der Waals surface area contributed by atoms with Gasteiger partial charge in [0.15, 0.2) is 11.5 Å². The number of aromatic amines is 1. The molecule has 0 bridgehead atoms. The first-order valence-corrected chi connectivity index (χ1v) is 7.33. The number of nitro benzene ring substituents is 1. The Morgan fingerprint density at radius 3 is 2.79 bits per heavy atom. The summed E-state index contributed by atoms with van der Waals surface area (Å²) in [5.41, 5.74) is 1.61. The van der Waals surface area contributed by atoms with Gasteiger partial charge in [-0.25, -0.2) is 0 Å². The summed E-state index contributed by atoms with van der Waals surface area (Å²) in [5, 5.41) is 25.8. The van der Waals surface area contributed by atoms with Crippen LogP contribution < -0.4 is 0 Å². The predicted molar refractivity (Wildman–Crippen MR) is 81.2 cm³/mol. The fourth-order valence-electron chi connectivity index (χ4n) is 2.81. The highest BCUT2D eigenvalue weighted by atomic mass is 16.6. The molecule has 0 radical (unpaired) electrons. The van der Waals surface area contributed by atoms with Gasteiger partial charge in [-0.15, -0.1) is 10.2 Å². The van der Waals surface area contributed by atoms with E-state index in [1.165, 1.54) is 12.1 Å². The van der Waals surface area contributed by atoms with Crippen molar-refractivity contribution < 1.29 is 14.1 Å². The Hall–Kier alpha value is -3.36. The third kappa shape index (κ3) is 2.18. The lowest BCUT2D eigenvalue weighted by Crippen LogP contribution is -2.10. The number of carbonyl (C=O) groups is 1. The maximum atomic E-state index is 12.1. The SMILES string of the molecule is O=C1CCCc2[nH]nc(-c3nnc(-c4ccccc4[N+](=O)[O-])o3)c21. The van der Waals surface area contributed by atoms with Crippen LogP contribution in [0.25, 0.3) is 23.0 Å². The van der Waals surface area contributed by atoms with E-state index in [0.717, 1.165) is 18.5 Å². The first-order valence-electron chi connectivity index (χ1n) is 7.33. The first kappa shape index (κ1) is 14.2. The van der Waals surface area contributed by atoms with Crippen LogP contribution in [-0.2, 0) is 6.42 Å². The molecule has 9 heteroatoms. The number of para-hydroxylation sites is 1. The lowest BCUT2D eigenvalue weighted by atomic mass is 9.94. The van der Waals surface area contributed by atoms with Gasteiger partial charge in [0.1, 0.15) is 5.56 Å². The van der Waals surface area contributed by atoms with Crippen molar-refractivity contribution >= 4 is 11.5 Å². The fraction of sp³-hybridized carbons (Fsp3) is 0.200. The van der Waals surface area contributed by atoms with Crippen LogP contribution in [0, 0.1) is 10.1 Å². The molecule has 3 aromatic rings. The van der Waals surface area contributed by atoms with E-state index in [0.29, 0.717) is 17.7 Å². The van der Waals surface area contributed by atoms with E-state index < -0.39 is 4.92 Å². The fourth-order valence-corrected chi connectivity index (χ4v) is 2.81. The molecule has 1 aliphatic rings. The van der Waals surface area contributed by atoms with E-state index in [-0.39, 0.29) is 28.8 Å². The molecule has 120 valence electrons. The van der Waals surface area contributed by atoms with Gasteiger partial charge in [-0.05, 0) is 18.9 Å². The molecule has 0 amide bonds. The van der Waals surface area contributed by atoms with Crippen LogP contribution in [0.3, 0.4) is 0 Å². The number of carbonyl (C=O) groups excluding carboxylic acids is 1. The number of Topliss-reactive ketones (excluding diaryl/α,β-unsaturated/α-hetero) is 1. The third-order valence-electron chi connectivity index (χ3n) is 3.91. The molecule has 24 heavy (non-hydrogen) atoms. The van der Waals surface area contributed by atoms with Gasteiger partial charge in [-0.2, -0.15) is 5.10 Å². The zero-order valence-corrected chi connectivity index (χ0v) is 12.4. The first-order chi connectivity index (χ1) is 11.6. The van der Waals surface area contributed by atoms with Crippen molar-refractivity contribution in [2.45, 2.75) is 19.3 Å². The summed E-state index contributed by atoms with van der Waals surface area (Å²) in [6.07, 6.45) is 1.96. The van der Waals surface area contributed by atoms with Crippen LogP contribution >= 0.6 is 0 Å². The number of nitro groups is 1. The van der Waals surface area contributed by atoms with Gasteiger partial charge in [0.2, 0.25) is 0 Å². The topological polar surface area (TPSA) is 128 Å². The number of rotatable bonds is 3. The highest BCUT2D eigenvalue weighted by molar-refractivity contribution is 6.02. The summed E-state index contributed by atoms with van der Waals surface area (Å²) >= 11 is 0. The molecule has 1 N–H and O–H groups in total. The molecule has 2 heterocycles. The zero-order valence-electron chi connectivity index (χ0n) is 12.4. The average molecular weight is 325 g/mol. The smallest absolute Gasteiger partial charge is 0.282 e. The number of ketones is 1. The molecule has 0 unspecified atom stereocenters. The van der Waals surface area contributed by atoms with Crippen LogP contribution in [0.2, 0.25) is 0 Å². The summed E-state index contributed by atoms with van der Waals surface area (Å²) in [6, 6.07) is 6.09. The highest BCUT2D eigenvalue weighted by Gasteiger charge is 2.28. The number of benzene rings is 1. The molecule has 4 rings (SSSR count). The largest absolute Gasteiger partial charge is 0.414 e. The van der Waals surface area contributed by atoms with Crippen LogP contribution in [0.15, 0.2) is 28.7 Å². The maximum Gasteiger partial charge on any atom is 0.282 e. The summed E-state index contributed by atoms with van der Waals surface area (Å²) in [4.78, 5) is 22.7. The van der Waals surface area contributed by atoms with Crippen LogP contribution in [-0.4, -0.2) is 31.1 Å². The predicted octanol–water partition coefficient (Wildman–Crippen LogP) is 2.55. The standard InChI is InChI=1S/C15H11N5O4/c21-11-7-3-5-9-12(11)13(17-16-9)15-19-18-14(24-15)8-4-1-2-6-10(8)20(22)23/h1-2,4,6H,3,5,7H2,(H,16,17). The van der Waals surface area contributed by atoms with E-state index in [9.17, 15) is 14.9 Å². The van der Waals surface area contributed by atoms with Gasteiger partial charge in [0.05, 0.1) is 10.5 Å². The van der Waals surface area contributed by atoms with E-state index in [2.05, 4.69) is 20.4 Å². The summed E-state index contributed by atoms with van der Waals surface area (Å²) in [5.74, 6) is 0.0543. The normalized spacial score (nSPS) is 13.8. The van der Waals surface area contributed by atoms with E-state index in [4.69, 9.17) is 4.42 Å². The number of nitrogens with one attached hydrogen (secondary N) is 1. The van der Waals surface area contributed by atoms with Gasteiger partial charge in [0, 0.05) is 18.2 Å². The average Bonchev–Trinajstić information content (AvgIpc) is 3.22. The molecule has 0 fully saturated rings. The molecule has 0 spiro atoms. The highest BCUT2D eigenvalue weighted by Crippen LogP contribution is 2.33. The second-order valence-electron chi connectivity index (χ2n) is 5.39. The second kappa shape index (κ2) is 5.37. The van der Waals surface area contributed by atoms with Gasteiger partial charge in [-0.3, -0.25) is 20.0 Å². The number of aryl methyl sites for hydroxylation is 1. The van der Waals surface area contributed by atoms with Crippen LogP contribution in [0.4, 0.5) is 5.69 Å². The second-order valence-corrected chi connectivity index (χ2v) is 5.39. The number of H-pyrrole nitrogens is 1. The quantitative estimate of drug-likeness (QED) is 0.578. The molecule has 0 atom stereocenters. The van der Waals surface area contributed by atoms with Crippen molar-refractivity contribution in [3.05, 3.63) is 45.6 Å². The maximum absolute atomic E-state index is 12.1. The Bertz CT molecular complexity index is 958. The van der Waals surface area contributed by atoms with Gasteiger partial charge >= 0.3 is 0 Å². The van der Waals surface area contributed by atoms with Crippen molar-refractivity contribution in [1.29, 1.82) is 0 Å². The number of fused-ring (bicyclic) bond motifs is 1. The molecule has 1 aliphatic carbocycles. The molecular formula is C15H11N5O4. The Balaban J connectivity index is 1.79. The lowest BCUT2D eigenvalue weighted by molar-refractivity contribution is -0.384. The molecule has 0 aliphatic heterocycles. The van der Waals surface area contributed by atoms with E-state index in [1.807, 2.05) is 0 Å². The van der Waals surface area contributed by atoms with Crippen molar-refractivity contribution in [2.24, 2.45) is 0 Å². The minimum atomic E-state index is -0.515. The van der Waals surface area contributed by atoms with Gasteiger partial charge in [-0.1, -0.05) is 12.1 Å². The zero-order chi connectivity index (χ0) is 16.7. The molecule has 0 saturated carbocycles. The Morgan fingerprint density at radius 1 is 1.17 bits per heavy atom. The van der Waals surface area contributed by atoms with E-state index >= 15 is 0 Å². The van der Waals surface area contributed by atoms with Crippen molar-refractivity contribution in [1.82, 2.24) is 20.4 Å². The van der Waals surface area contributed by atoms with Crippen molar-refractivity contribution in [3.63, 3.8) is 0 Å². The Morgan fingerprint density at radius 2 is 1.96 bits per heavy atom. The Kier molecular flexibility index (Phi) is 3.19. The molecular weight excluding hydrogens is 314 g/mol. The number of aromatic nitrogens is 4. The van der Waals surface area contributed by atoms with Gasteiger partial charge < -0.3 is 4.42 Å². The van der Waals surface area contributed by atoms with E-state index in [1.54, 1.807) is 12.1 Å². The summed E-state index contributed by atoms with van der Waals surface area (Å²) in [7, 11) is 0. The summed E-state index contributed by atoms with van der Waals surface area (Å²) in [6.45, 7) is 0. The monoisotopic (exact) mass is 325 g/mol. The van der Waals surface area contributed by atoms with Crippen LogP contribution in [0.5, 0.6) is 0 Å². The lowest BCUT2D eigenvalue weighted by Gasteiger charge is -2.08. The minimum Gasteiger partial charge on any atom is -0.414 e.